The van der Waals surface area contributed by atoms with Gasteiger partial charge >= 0.3 is 6.03 Å². The van der Waals surface area contributed by atoms with Gasteiger partial charge in [0.2, 0.25) is 0 Å². The van der Waals surface area contributed by atoms with Crippen LogP contribution in [0.4, 0.5) is 32.1 Å². The SMILES string of the molecule is CCC(O)(c1ccccc1)c1ccccc1.CCC(O)(c1cccnc1)c1ccsc1.CCCC(C)c1ccc(Cl)cc1.CCCC(C)c1cccc(F)c1.CCCC(C)c1ccccc1.CCCC(C)c1ccccn1.CCCN(C(=O)N1CCCC1)c1ccccc1.CCCNc1ccc(Cl)c(Cl)c1.CCCNc1ccccc1.CCCNc1ccccn1. The first-order valence-electron chi connectivity index (χ1n) is 45.8. The number of urea groups is 1. The summed E-state index contributed by atoms with van der Waals surface area (Å²) >= 11 is 19.0. The van der Waals surface area contributed by atoms with Crippen LogP contribution in [-0.2, 0) is 11.2 Å². The summed E-state index contributed by atoms with van der Waals surface area (Å²) in [6.45, 7) is 35.8. The highest BCUT2D eigenvalue weighted by Crippen LogP contribution is 2.35. The van der Waals surface area contributed by atoms with Crippen molar-refractivity contribution in [1.82, 2.24) is 19.9 Å². The van der Waals surface area contributed by atoms with Crippen LogP contribution in [0.25, 0.3) is 0 Å². The lowest BCUT2D eigenvalue weighted by atomic mass is 9.84. The largest absolute Gasteiger partial charge is 0.385 e. The molecule has 5 N–H and O–H groups in total. The van der Waals surface area contributed by atoms with E-state index < -0.39 is 11.2 Å². The zero-order chi connectivity index (χ0) is 91.8. The number of carbonyl (C=O) groups is 1. The fourth-order valence-electron chi connectivity index (χ4n) is 13.8. The standard InChI is InChI=1S/C15H16O.C14H20N2O.C12H13NOS.C11H15Cl.C11H15F.C11H16.C10H15N.C9H11Cl2N.C9H13N.C8H12N2/c1-2-15(16,13-9-5-3-6-10-13)14-11-7-4-8-12-14;1-2-10-16(13-8-4-3-5-9-13)14(17)15-11-6-7-12-15;1-2-12(14,11-5-7-15-9-11)10-4-3-6-13-8-10;1-3-4-9(2)10-5-7-11(12)8-6-10;1-3-5-9(2)10-6-4-7-11(12)8-10;1-3-7-10(2)11-8-5-4-6-9-11;1-3-6-9(2)10-7-4-5-8-11-10;1-2-5-12-7-3-4-8(10)9(11)6-7;1-2-8-10-9-6-4-3-5-7-9;1-2-6-9-8-5-3-4-7-10-8/h3-12,16H,2H2,1H3;3-5,8-9H,2,6-7,10-12H2,1H3;3-9,14H,2H2,1H3;5-9H,3-4H2,1-2H3;4,6-9H,3,5H2,1-2H3;4-6,8-10H,3,7H2,1-2H3;4-5,7-9H,3,6H2,1-2H3;3-4,6,12H,2,5H2,1H3;3-7,10H,2,8H2,1H3;3-5,7H,2,6H2,1H3,(H,9,10). The summed E-state index contributed by atoms with van der Waals surface area (Å²) in [5.74, 6) is 3.31. The second kappa shape index (κ2) is 65.8. The number of benzene rings is 8. The Balaban J connectivity index is 0.000000295. The molecule has 0 bridgehead atoms. The van der Waals surface area contributed by atoms with Crippen molar-refractivity contribution in [3.63, 3.8) is 0 Å². The van der Waals surface area contributed by atoms with E-state index >= 15 is 0 Å². The van der Waals surface area contributed by atoms with Crippen LogP contribution in [-0.4, -0.2) is 75.4 Å². The Kier molecular flexibility index (Phi) is 56.7. The minimum Gasteiger partial charge on any atom is -0.385 e. The molecule has 0 aliphatic carbocycles. The molecule has 4 aromatic heterocycles. The molecule has 12 aromatic rings. The predicted octanol–water partition coefficient (Wildman–Crippen LogP) is 32.0. The van der Waals surface area contributed by atoms with Gasteiger partial charge in [-0.1, -0.05) is 327 Å². The van der Waals surface area contributed by atoms with Gasteiger partial charge < -0.3 is 31.1 Å². The van der Waals surface area contributed by atoms with Gasteiger partial charge in [-0.05, 0) is 248 Å². The number of amides is 2. The number of aliphatic hydroxyl groups is 2. The normalized spacial score (nSPS) is 12.4. The Hall–Kier alpha value is -9.70. The molecular formula is C110H146Cl3FN8O3S. The molecule has 8 aromatic carbocycles. The van der Waals surface area contributed by atoms with Crippen molar-refractivity contribution in [2.24, 2.45) is 0 Å². The summed E-state index contributed by atoms with van der Waals surface area (Å²) in [4.78, 5) is 28.7. The summed E-state index contributed by atoms with van der Waals surface area (Å²) in [5.41, 5.74) is 10.3. The number of hydrogen-bond donors (Lipinski definition) is 5. The molecule has 5 heterocycles. The third-order valence-corrected chi connectivity index (χ3v) is 22.8. The van der Waals surface area contributed by atoms with Gasteiger partial charge in [0.1, 0.15) is 22.8 Å². The molecule has 0 radical (unpaired) electrons. The van der Waals surface area contributed by atoms with E-state index in [-0.39, 0.29) is 11.8 Å². The Morgan fingerprint density at radius 3 is 1.37 bits per heavy atom. The first-order valence-corrected chi connectivity index (χ1v) is 47.9. The fourth-order valence-corrected chi connectivity index (χ4v) is 14.9. The van der Waals surface area contributed by atoms with Crippen molar-refractivity contribution in [3.05, 3.63) is 374 Å². The number of carbonyl (C=O) groups excluding carboxylic acids is 1. The number of likely N-dealkylation sites (tertiary alicyclic amines) is 1. The van der Waals surface area contributed by atoms with E-state index in [1.165, 1.54) is 73.5 Å². The zero-order valence-corrected chi connectivity index (χ0v) is 80.9. The molecule has 1 fully saturated rings. The number of para-hydroxylation sites is 2. The van der Waals surface area contributed by atoms with Crippen LogP contribution in [0.3, 0.4) is 0 Å². The first-order chi connectivity index (χ1) is 61.1. The maximum atomic E-state index is 12.8. The van der Waals surface area contributed by atoms with Gasteiger partial charge in [0.15, 0.2) is 0 Å². The van der Waals surface area contributed by atoms with Gasteiger partial charge in [0, 0.05) is 97.4 Å². The van der Waals surface area contributed by atoms with E-state index in [9.17, 15) is 19.4 Å². The second-order valence-electron chi connectivity index (χ2n) is 31.4. The van der Waals surface area contributed by atoms with Crippen LogP contribution in [0.2, 0.25) is 15.1 Å². The zero-order valence-electron chi connectivity index (χ0n) is 77.8. The molecule has 13 rings (SSSR count). The van der Waals surface area contributed by atoms with E-state index in [4.69, 9.17) is 34.8 Å². The molecule has 1 saturated heterocycles. The maximum Gasteiger partial charge on any atom is 0.324 e. The fraction of sp³-hybridized carbons (Fsp3) is 0.382. The third kappa shape index (κ3) is 42.3. The van der Waals surface area contributed by atoms with Crippen molar-refractivity contribution in [1.29, 1.82) is 0 Å². The highest BCUT2D eigenvalue weighted by molar-refractivity contribution is 7.08. The number of nitrogens with zero attached hydrogens (tertiary/aromatic N) is 5. The molecule has 5 atom stereocenters. The number of thiophene rings is 1. The molecule has 16 heteroatoms. The van der Waals surface area contributed by atoms with Crippen molar-refractivity contribution in [3.8, 4) is 0 Å². The highest BCUT2D eigenvalue weighted by atomic mass is 35.5. The number of pyridine rings is 3. The Morgan fingerprint density at radius 1 is 0.437 bits per heavy atom. The predicted molar refractivity (Wildman–Crippen MR) is 544 cm³/mol. The van der Waals surface area contributed by atoms with Gasteiger partial charge in [-0.2, -0.15) is 11.3 Å². The maximum absolute atomic E-state index is 12.8. The van der Waals surface area contributed by atoms with Crippen LogP contribution in [0, 0.1) is 5.82 Å². The van der Waals surface area contributed by atoms with Crippen molar-refractivity contribution in [2.45, 2.75) is 235 Å². The number of aromatic nitrogens is 3. The van der Waals surface area contributed by atoms with E-state index in [0.29, 0.717) is 40.6 Å². The lowest BCUT2D eigenvalue weighted by Crippen LogP contribution is -2.42. The van der Waals surface area contributed by atoms with E-state index in [1.54, 1.807) is 48.1 Å². The average molecular weight is 1790 g/mol. The summed E-state index contributed by atoms with van der Waals surface area (Å²) in [5, 5.41) is 37.1. The summed E-state index contributed by atoms with van der Waals surface area (Å²) in [6, 6.07) is 89.0. The van der Waals surface area contributed by atoms with Crippen LogP contribution < -0.4 is 20.9 Å². The van der Waals surface area contributed by atoms with Crippen molar-refractivity contribution in [2.75, 3.05) is 60.1 Å². The average Bonchev–Trinajstić information content (AvgIpc) is 1.78. The van der Waals surface area contributed by atoms with Gasteiger partial charge in [-0.3, -0.25) is 14.9 Å². The van der Waals surface area contributed by atoms with E-state index in [1.807, 2.05) is 223 Å². The van der Waals surface area contributed by atoms with Crippen molar-refractivity contribution >= 4 is 75.1 Å². The van der Waals surface area contributed by atoms with Gasteiger partial charge in [-0.25, -0.2) is 14.2 Å². The minimum atomic E-state index is -0.895. The highest BCUT2D eigenvalue weighted by Gasteiger charge is 2.31. The number of hydrogen-bond acceptors (Lipinski definition) is 10. The van der Waals surface area contributed by atoms with Gasteiger partial charge in [0.05, 0.1) is 10.0 Å². The number of rotatable bonds is 30. The van der Waals surface area contributed by atoms with Crippen LogP contribution in [0.5, 0.6) is 0 Å². The molecule has 0 spiro atoms. The third-order valence-electron chi connectivity index (χ3n) is 21.2. The summed E-state index contributed by atoms with van der Waals surface area (Å²) in [7, 11) is 0. The second-order valence-corrected chi connectivity index (χ2v) is 33.4. The smallest absolute Gasteiger partial charge is 0.324 e. The molecular weight excluding hydrogens is 1640 g/mol. The van der Waals surface area contributed by atoms with Crippen LogP contribution in [0.1, 0.15) is 268 Å². The quantitative estimate of drug-likeness (QED) is 0.0298. The molecule has 2 amide bonds. The first kappa shape index (κ1) is 109. The number of nitrogens with one attached hydrogen (secondary N) is 3. The summed E-state index contributed by atoms with van der Waals surface area (Å²) < 4.78 is 12.8. The lowest BCUT2D eigenvalue weighted by Gasteiger charge is -2.28. The number of halogens is 4. The van der Waals surface area contributed by atoms with Gasteiger partial charge in [0.25, 0.3) is 0 Å². The molecule has 5 unspecified atom stereocenters. The Morgan fingerprint density at radius 2 is 0.905 bits per heavy atom. The molecule has 0 saturated carbocycles. The number of anilines is 4. The van der Waals surface area contributed by atoms with E-state index in [2.05, 4.69) is 181 Å². The molecule has 11 nitrogen and oxygen atoms in total. The molecule has 1 aliphatic heterocycles. The molecule has 126 heavy (non-hydrogen) atoms. The van der Waals surface area contributed by atoms with Crippen LogP contribution >= 0.6 is 46.1 Å². The monoisotopic (exact) mass is 1780 g/mol. The lowest BCUT2D eigenvalue weighted by molar-refractivity contribution is 0.0763. The Labute approximate surface area is 777 Å². The van der Waals surface area contributed by atoms with Crippen LogP contribution in [0.15, 0.2) is 309 Å². The topological polar surface area (TPSA) is 139 Å². The Bertz CT molecular complexity index is 4480. The minimum absolute atomic E-state index is 0.129. The van der Waals surface area contributed by atoms with Crippen molar-refractivity contribution < 1.29 is 19.4 Å². The van der Waals surface area contributed by atoms with Gasteiger partial charge in [-0.15, -0.1) is 0 Å². The summed E-state index contributed by atoms with van der Waals surface area (Å²) in [6.07, 6.45) is 24.9. The molecule has 678 valence electrons. The van der Waals surface area contributed by atoms with E-state index in [0.717, 1.165) is 140 Å². The molecule has 1 aliphatic rings.